The fraction of sp³-hybridized carbons (Fsp3) is 0.400. The molecule has 2 aromatic heterocycles. The number of nitrogens with one attached hydrogen (secondary N) is 1. The van der Waals surface area contributed by atoms with Crippen molar-refractivity contribution in [3.63, 3.8) is 0 Å². The second-order valence-electron chi connectivity index (χ2n) is 5.36. The number of aryl methyl sites for hydroxylation is 1. The van der Waals surface area contributed by atoms with E-state index in [0.717, 1.165) is 35.0 Å². The molecule has 0 saturated carbocycles. The van der Waals surface area contributed by atoms with Gasteiger partial charge in [0, 0.05) is 4.88 Å². The molecule has 7 heteroatoms. The van der Waals surface area contributed by atoms with Gasteiger partial charge in [-0.05, 0) is 54.6 Å². The van der Waals surface area contributed by atoms with Gasteiger partial charge in [-0.2, -0.15) is 10.4 Å². The third-order valence-electron chi connectivity index (χ3n) is 4.00. The largest absolute Gasteiger partial charge is 0.315 e. The Hall–Kier alpha value is -1.65. The van der Waals surface area contributed by atoms with Crippen LogP contribution in [0, 0.1) is 18.3 Å². The van der Waals surface area contributed by atoms with Crippen molar-refractivity contribution in [3.8, 4) is 6.07 Å². The summed E-state index contributed by atoms with van der Waals surface area (Å²) >= 11 is 4.93. The van der Waals surface area contributed by atoms with Gasteiger partial charge < -0.3 is 5.32 Å². The van der Waals surface area contributed by atoms with Gasteiger partial charge in [0.15, 0.2) is 0 Å². The van der Waals surface area contributed by atoms with Crippen LogP contribution in [0.2, 0.25) is 0 Å². The molecule has 3 rings (SSSR count). The van der Waals surface area contributed by atoms with Gasteiger partial charge in [-0.15, -0.1) is 11.3 Å². The highest BCUT2D eigenvalue weighted by molar-refractivity contribution is 9.10. The maximum absolute atomic E-state index is 12.5. The quantitative estimate of drug-likeness (QED) is 0.886. The highest BCUT2D eigenvalue weighted by atomic mass is 79.9. The van der Waals surface area contributed by atoms with Crippen LogP contribution in [0.3, 0.4) is 0 Å². The molecule has 0 radical (unpaired) electrons. The van der Waals surface area contributed by atoms with Crippen molar-refractivity contribution in [2.75, 3.05) is 5.32 Å². The van der Waals surface area contributed by atoms with Crippen LogP contribution in [0.15, 0.2) is 10.7 Å². The molecule has 0 fully saturated rings. The monoisotopic (exact) mass is 378 g/mol. The third kappa shape index (κ3) is 2.46. The van der Waals surface area contributed by atoms with Crippen molar-refractivity contribution in [3.05, 3.63) is 32.4 Å². The van der Waals surface area contributed by atoms with Crippen molar-refractivity contribution in [2.45, 2.75) is 39.2 Å². The maximum Gasteiger partial charge on any atom is 0.249 e. The molecule has 2 heterocycles. The summed E-state index contributed by atoms with van der Waals surface area (Å²) in [6.07, 6.45) is 4.72. The first-order valence-electron chi connectivity index (χ1n) is 7.08. The maximum atomic E-state index is 12.5. The number of hydrogen-bond acceptors (Lipinski definition) is 4. The number of amides is 1. The van der Waals surface area contributed by atoms with E-state index < -0.39 is 6.04 Å². The Kier molecular flexibility index (Phi) is 4.06. The average molecular weight is 379 g/mol. The van der Waals surface area contributed by atoms with Crippen LogP contribution in [-0.2, 0) is 17.6 Å². The van der Waals surface area contributed by atoms with Gasteiger partial charge in [-0.25, -0.2) is 0 Å². The van der Waals surface area contributed by atoms with Gasteiger partial charge in [-0.1, -0.05) is 0 Å². The highest BCUT2D eigenvalue weighted by Crippen LogP contribution is 2.38. The molecule has 0 saturated heterocycles. The number of carbonyl (C=O) groups excluding carboxylic acids is 1. The van der Waals surface area contributed by atoms with Crippen LogP contribution < -0.4 is 5.32 Å². The molecule has 1 atom stereocenters. The van der Waals surface area contributed by atoms with Gasteiger partial charge in [0.25, 0.3) is 0 Å². The Morgan fingerprint density at radius 3 is 3.00 bits per heavy atom. The van der Waals surface area contributed by atoms with E-state index >= 15 is 0 Å². The number of aromatic nitrogens is 2. The number of fused-ring (bicyclic) bond motifs is 1. The fourth-order valence-corrected chi connectivity index (χ4v) is 4.25. The number of halogens is 1. The summed E-state index contributed by atoms with van der Waals surface area (Å²) in [6, 6.07) is 1.81. The molecule has 2 aromatic rings. The molecule has 22 heavy (non-hydrogen) atoms. The van der Waals surface area contributed by atoms with Crippen LogP contribution in [0.1, 0.15) is 41.1 Å². The normalized spacial score (nSPS) is 14.5. The fourth-order valence-electron chi connectivity index (χ4n) is 2.73. The Morgan fingerprint density at radius 2 is 2.36 bits per heavy atom. The summed E-state index contributed by atoms with van der Waals surface area (Å²) < 4.78 is 2.55. The second kappa shape index (κ2) is 5.86. The Labute approximate surface area is 141 Å². The predicted molar refractivity (Wildman–Crippen MR) is 89.1 cm³/mol. The summed E-state index contributed by atoms with van der Waals surface area (Å²) in [5.74, 6) is -0.157. The smallest absolute Gasteiger partial charge is 0.249 e. The van der Waals surface area contributed by atoms with Crippen molar-refractivity contribution in [1.29, 1.82) is 5.26 Å². The van der Waals surface area contributed by atoms with Crippen LogP contribution in [0.5, 0.6) is 0 Å². The van der Waals surface area contributed by atoms with E-state index in [1.807, 2.05) is 6.92 Å². The van der Waals surface area contributed by atoms with Gasteiger partial charge in [0.1, 0.15) is 17.1 Å². The molecule has 0 unspecified atom stereocenters. The molecule has 114 valence electrons. The molecule has 1 aliphatic rings. The number of anilines is 1. The first-order valence-corrected chi connectivity index (χ1v) is 8.69. The molecule has 0 aromatic carbocycles. The molecule has 1 N–H and O–H groups in total. The van der Waals surface area contributed by atoms with Crippen LogP contribution in [0.4, 0.5) is 5.00 Å². The Bertz CT molecular complexity index is 786. The number of hydrogen-bond donors (Lipinski definition) is 1. The van der Waals surface area contributed by atoms with E-state index in [2.05, 4.69) is 32.4 Å². The van der Waals surface area contributed by atoms with Crippen molar-refractivity contribution >= 4 is 38.2 Å². The SMILES string of the molecule is Cc1c(Br)cnn1[C@H](C)C(=O)Nc1sc2c(c1C#N)CCC2. The van der Waals surface area contributed by atoms with Gasteiger partial charge in [0.05, 0.1) is 21.9 Å². The van der Waals surface area contributed by atoms with E-state index in [1.165, 1.54) is 16.2 Å². The third-order valence-corrected chi connectivity index (χ3v) is 5.99. The molecule has 0 spiro atoms. The summed E-state index contributed by atoms with van der Waals surface area (Å²) in [7, 11) is 0. The van der Waals surface area contributed by atoms with Crippen molar-refractivity contribution < 1.29 is 4.79 Å². The van der Waals surface area contributed by atoms with Crippen LogP contribution in [0.25, 0.3) is 0 Å². The van der Waals surface area contributed by atoms with Gasteiger partial charge >= 0.3 is 0 Å². The van der Waals surface area contributed by atoms with Gasteiger partial charge in [-0.3, -0.25) is 9.48 Å². The zero-order valence-corrected chi connectivity index (χ0v) is 14.7. The second-order valence-corrected chi connectivity index (χ2v) is 7.32. The first-order chi connectivity index (χ1) is 10.5. The highest BCUT2D eigenvalue weighted by Gasteiger charge is 2.25. The minimum atomic E-state index is -0.435. The lowest BCUT2D eigenvalue weighted by molar-refractivity contribution is -0.119. The standard InChI is InChI=1S/C15H15BrN4OS/c1-8-12(16)7-18-20(8)9(2)14(21)19-15-11(6-17)10-4-3-5-13(10)22-15/h7,9H,3-5H2,1-2H3,(H,19,21)/t9-/m1/s1. The number of rotatable bonds is 3. The summed E-state index contributed by atoms with van der Waals surface area (Å²) in [5.41, 5.74) is 2.65. The molecular formula is C15H15BrN4OS. The van der Waals surface area contributed by atoms with Gasteiger partial charge in [0.2, 0.25) is 5.91 Å². The van der Waals surface area contributed by atoms with Crippen molar-refractivity contribution in [2.24, 2.45) is 0 Å². The lowest BCUT2D eigenvalue weighted by atomic mass is 10.1. The van der Waals surface area contributed by atoms with Crippen LogP contribution in [-0.4, -0.2) is 15.7 Å². The van der Waals surface area contributed by atoms with E-state index in [4.69, 9.17) is 0 Å². The van der Waals surface area contributed by atoms with E-state index in [-0.39, 0.29) is 5.91 Å². The number of nitriles is 1. The zero-order valence-electron chi connectivity index (χ0n) is 12.3. The molecular weight excluding hydrogens is 364 g/mol. The molecule has 1 amide bonds. The summed E-state index contributed by atoms with van der Waals surface area (Å²) in [4.78, 5) is 13.7. The predicted octanol–water partition coefficient (Wildman–Crippen LogP) is 3.58. The Balaban J connectivity index is 1.83. The van der Waals surface area contributed by atoms with Crippen LogP contribution >= 0.6 is 27.3 Å². The minimum absolute atomic E-state index is 0.157. The summed E-state index contributed by atoms with van der Waals surface area (Å²) in [6.45, 7) is 3.70. The first kappa shape index (κ1) is 15.3. The molecule has 5 nitrogen and oxygen atoms in total. The van der Waals surface area contributed by atoms with E-state index in [0.29, 0.717) is 10.6 Å². The molecule has 0 bridgehead atoms. The van der Waals surface area contributed by atoms with E-state index in [9.17, 15) is 10.1 Å². The minimum Gasteiger partial charge on any atom is -0.315 e. The lowest BCUT2D eigenvalue weighted by Crippen LogP contribution is -2.25. The zero-order chi connectivity index (χ0) is 15.9. The Morgan fingerprint density at radius 1 is 1.59 bits per heavy atom. The lowest BCUT2D eigenvalue weighted by Gasteiger charge is -2.14. The van der Waals surface area contributed by atoms with E-state index in [1.54, 1.807) is 17.8 Å². The van der Waals surface area contributed by atoms with Crippen molar-refractivity contribution in [1.82, 2.24) is 9.78 Å². The molecule has 0 aliphatic heterocycles. The molecule has 1 aliphatic carbocycles. The summed E-state index contributed by atoms with van der Waals surface area (Å²) in [5, 5.41) is 17.2. The average Bonchev–Trinajstić information content (AvgIpc) is 3.14. The topological polar surface area (TPSA) is 70.7 Å². The number of nitrogens with zero attached hydrogens (tertiary/aromatic N) is 3. The number of carbonyl (C=O) groups is 1. The number of thiophene rings is 1.